The highest BCUT2D eigenvalue weighted by atomic mass is 16.2. The lowest BCUT2D eigenvalue weighted by molar-refractivity contribution is 0.600. The molecule has 0 bridgehead atoms. The summed E-state index contributed by atoms with van der Waals surface area (Å²) in [6, 6.07) is 16.1. The van der Waals surface area contributed by atoms with Gasteiger partial charge >= 0.3 is 5.69 Å². The Hall–Kier alpha value is -3.61. The first-order chi connectivity index (χ1) is 15.0. The second kappa shape index (κ2) is 7.27. The molecule has 0 radical (unpaired) electrons. The number of aromatic nitrogens is 4. The van der Waals surface area contributed by atoms with E-state index >= 15 is 0 Å². The molecule has 0 atom stereocenters. The summed E-state index contributed by atoms with van der Waals surface area (Å²) in [6.07, 6.45) is 0.622. The molecule has 0 amide bonds. The molecular weight excluding hydrogens is 390 g/mol. The topological polar surface area (TPSA) is 65.1 Å². The van der Waals surface area contributed by atoms with Crippen molar-refractivity contribution in [3.8, 4) is 0 Å². The van der Waals surface area contributed by atoms with Crippen LogP contribution in [0.1, 0.15) is 16.7 Å². The van der Waals surface area contributed by atoms with Gasteiger partial charge in [0.15, 0.2) is 11.2 Å². The Morgan fingerprint density at radius 1 is 0.968 bits per heavy atom. The van der Waals surface area contributed by atoms with E-state index in [0.29, 0.717) is 30.7 Å². The molecule has 7 nitrogen and oxygen atoms in total. The van der Waals surface area contributed by atoms with Crippen LogP contribution in [0.2, 0.25) is 0 Å². The predicted octanol–water partition coefficient (Wildman–Crippen LogP) is 2.91. The molecule has 1 aliphatic rings. The van der Waals surface area contributed by atoms with Crippen LogP contribution >= 0.6 is 0 Å². The van der Waals surface area contributed by atoms with Crippen LogP contribution in [0.25, 0.3) is 11.2 Å². The fraction of sp³-hybridized carbons (Fsp3) is 0.292. The SMILES string of the molecule is Cc1cccc(N2CCn3c2nc2c3c(=O)n(CCc3ccccc3)c(=O)n2C)c1C. The molecule has 1 aliphatic heterocycles. The summed E-state index contributed by atoms with van der Waals surface area (Å²) in [5.41, 5.74) is 4.92. The number of anilines is 2. The normalized spacial score (nSPS) is 13.2. The van der Waals surface area contributed by atoms with E-state index in [1.165, 1.54) is 20.3 Å². The summed E-state index contributed by atoms with van der Waals surface area (Å²) in [6.45, 7) is 5.93. The van der Waals surface area contributed by atoms with Crippen molar-refractivity contribution in [2.45, 2.75) is 33.4 Å². The number of rotatable bonds is 4. The molecular formula is C24H25N5O2. The maximum atomic E-state index is 13.4. The van der Waals surface area contributed by atoms with Crippen molar-refractivity contribution >= 4 is 22.8 Å². The lowest BCUT2D eigenvalue weighted by Crippen LogP contribution is -2.40. The lowest BCUT2D eigenvalue weighted by atomic mass is 10.1. The highest BCUT2D eigenvalue weighted by Crippen LogP contribution is 2.34. The summed E-state index contributed by atoms with van der Waals surface area (Å²) in [4.78, 5) is 33.2. The van der Waals surface area contributed by atoms with Gasteiger partial charge in [-0.2, -0.15) is 4.98 Å². The average molecular weight is 415 g/mol. The quantitative estimate of drug-likeness (QED) is 0.514. The molecule has 0 aliphatic carbocycles. The van der Waals surface area contributed by atoms with Gasteiger partial charge in [0.1, 0.15) is 0 Å². The van der Waals surface area contributed by atoms with Crippen LogP contribution in [0, 0.1) is 13.8 Å². The number of nitrogens with zero attached hydrogens (tertiary/aromatic N) is 5. The molecule has 2 aromatic carbocycles. The van der Waals surface area contributed by atoms with Gasteiger partial charge in [-0.05, 0) is 43.0 Å². The van der Waals surface area contributed by atoms with E-state index in [1.807, 2.05) is 41.0 Å². The van der Waals surface area contributed by atoms with Gasteiger partial charge in [-0.1, -0.05) is 42.5 Å². The third-order valence-electron chi connectivity index (χ3n) is 6.33. The molecule has 5 rings (SSSR count). The van der Waals surface area contributed by atoms with Crippen molar-refractivity contribution in [2.24, 2.45) is 7.05 Å². The fourth-order valence-corrected chi connectivity index (χ4v) is 4.42. The first kappa shape index (κ1) is 19.4. The number of hydrogen-bond donors (Lipinski definition) is 0. The van der Waals surface area contributed by atoms with E-state index in [2.05, 4.69) is 30.9 Å². The zero-order valence-corrected chi connectivity index (χ0v) is 18.0. The molecule has 0 spiro atoms. The molecule has 0 saturated carbocycles. The van der Waals surface area contributed by atoms with Gasteiger partial charge in [-0.15, -0.1) is 0 Å². The molecule has 0 N–H and O–H groups in total. The number of aryl methyl sites for hydroxylation is 3. The highest BCUT2D eigenvalue weighted by Gasteiger charge is 2.29. The first-order valence-corrected chi connectivity index (χ1v) is 10.5. The molecule has 0 unspecified atom stereocenters. The number of fused-ring (bicyclic) bond motifs is 3. The zero-order valence-electron chi connectivity index (χ0n) is 18.0. The number of imidazole rings is 1. The van der Waals surface area contributed by atoms with Crippen LogP contribution in [0.3, 0.4) is 0 Å². The van der Waals surface area contributed by atoms with Crippen molar-refractivity contribution in [2.75, 3.05) is 11.4 Å². The van der Waals surface area contributed by atoms with Gasteiger partial charge in [-0.3, -0.25) is 13.9 Å². The highest BCUT2D eigenvalue weighted by molar-refractivity contribution is 5.78. The number of hydrogen-bond acceptors (Lipinski definition) is 4. The summed E-state index contributed by atoms with van der Waals surface area (Å²) >= 11 is 0. The predicted molar refractivity (Wildman–Crippen MR) is 122 cm³/mol. The Bertz CT molecular complexity index is 1410. The zero-order chi connectivity index (χ0) is 21.7. The van der Waals surface area contributed by atoms with Crippen molar-refractivity contribution in [3.05, 3.63) is 86.1 Å². The van der Waals surface area contributed by atoms with Gasteiger partial charge in [-0.25, -0.2) is 4.79 Å². The molecule has 4 aromatic rings. The summed E-state index contributed by atoms with van der Waals surface area (Å²) < 4.78 is 4.79. The Labute approximate surface area is 179 Å². The van der Waals surface area contributed by atoms with Gasteiger partial charge in [0.25, 0.3) is 5.56 Å². The Morgan fingerprint density at radius 2 is 1.74 bits per heavy atom. The van der Waals surface area contributed by atoms with Gasteiger partial charge in [0, 0.05) is 32.4 Å². The monoisotopic (exact) mass is 415 g/mol. The van der Waals surface area contributed by atoms with Crippen molar-refractivity contribution in [1.29, 1.82) is 0 Å². The Kier molecular flexibility index (Phi) is 4.54. The molecule has 0 fully saturated rings. The van der Waals surface area contributed by atoms with Crippen LogP contribution in [0.4, 0.5) is 11.6 Å². The Morgan fingerprint density at radius 3 is 2.52 bits per heavy atom. The van der Waals surface area contributed by atoms with Crippen LogP contribution in [0.15, 0.2) is 58.1 Å². The number of benzene rings is 2. The standard InChI is InChI=1S/C24H25N5O2/c1-16-8-7-11-19(17(16)2)27-14-15-28-20-21(25-23(27)28)26(3)24(31)29(22(20)30)13-12-18-9-5-4-6-10-18/h4-11H,12-15H2,1-3H3. The van der Waals surface area contributed by atoms with Crippen LogP contribution in [0.5, 0.6) is 0 Å². The largest absolute Gasteiger partial charge is 0.332 e. The van der Waals surface area contributed by atoms with Crippen LogP contribution in [-0.2, 0) is 26.6 Å². The van der Waals surface area contributed by atoms with Crippen molar-refractivity contribution in [3.63, 3.8) is 0 Å². The minimum atomic E-state index is -0.330. The second-order valence-electron chi connectivity index (χ2n) is 8.14. The van der Waals surface area contributed by atoms with Gasteiger partial charge in [0.2, 0.25) is 5.95 Å². The lowest BCUT2D eigenvalue weighted by Gasteiger charge is -2.19. The first-order valence-electron chi connectivity index (χ1n) is 10.5. The molecule has 31 heavy (non-hydrogen) atoms. The van der Waals surface area contributed by atoms with Gasteiger partial charge < -0.3 is 9.47 Å². The molecule has 7 heteroatoms. The molecule has 3 heterocycles. The third-order valence-corrected chi connectivity index (χ3v) is 6.33. The fourth-order valence-electron chi connectivity index (χ4n) is 4.42. The minimum Gasteiger partial charge on any atom is -0.310 e. The molecule has 0 saturated heterocycles. The van der Waals surface area contributed by atoms with Gasteiger partial charge in [0.05, 0.1) is 0 Å². The molecule has 158 valence electrons. The average Bonchev–Trinajstić information content (AvgIpc) is 3.34. The third kappa shape index (κ3) is 3.00. The van der Waals surface area contributed by atoms with E-state index in [4.69, 9.17) is 4.98 Å². The summed E-state index contributed by atoms with van der Waals surface area (Å²) in [7, 11) is 1.69. The molecule has 2 aromatic heterocycles. The van der Waals surface area contributed by atoms with Crippen molar-refractivity contribution in [1.82, 2.24) is 18.7 Å². The van der Waals surface area contributed by atoms with E-state index < -0.39 is 0 Å². The minimum absolute atomic E-state index is 0.268. The maximum Gasteiger partial charge on any atom is 0.332 e. The van der Waals surface area contributed by atoms with E-state index in [9.17, 15) is 9.59 Å². The second-order valence-corrected chi connectivity index (χ2v) is 8.14. The van der Waals surface area contributed by atoms with E-state index in [0.717, 1.165) is 23.7 Å². The maximum absolute atomic E-state index is 13.4. The van der Waals surface area contributed by atoms with Crippen LogP contribution in [-0.4, -0.2) is 25.2 Å². The van der Waals surface area contributed by atoms with E-state index in [-0.39, 0.29) is 11.2 Å². The van der Waals surface area contributed by atoms with Crippen LogP contribution < -0.4 is 16.1 Å². The smallest absolute Gasteiger partial charge is 0.310 e. The van der Waals surface area contributed by atoms with E-state index in [1.54, 1.807) is 7.05 Å². The Balaban J connectivity index is 1.62. The summed E-state index contributed by atoms with van der Waals surface area (Å²) in [5.74, 6) is 0.719. The summed E-state index contributed by atoms with van der Waals surface area (Å²) in [5, 5.41) is 0. The van der Waals surface area contributed by atoms with Crippen molar-refractivity contribution < 1.29 is 0 Å².